The molecular formula is C22H15FN2O3S. The van der Waals surface area contributed by atoms with Gasteiger partial charge in [0, 0.05) is 10.4 Å². The molecule has 0 aliphatic heterocycles. The van der Waals surface area contributed by atoms with Crippen molar-refractivity contribution in [3.8, 4) is 11.5 Å². The van der Waals surface area contributed by atoms with Crippen LogP contribution in [0.5, 0.6) is 0 Å². The molecule has 0 saturated carbocycles. The third kappa shape index (κ3) is 4.64. The number of ether oxygens (including phenoxy) is 1. The predicted octanol–water partition coefficient (Wildman–Crippen LogP) is 5.22. The Labute approximate surface area is 170 Å². The Kier molecular flexibility index (Phi) is 5.58. The van der Waals surface area contributed by atoms with Crippen LogP contribution in [0.2, 0.25) is 0 Å². The molecule has 0 aliphatic rings. The summed E-state index contributed by atoms with van der Waals surface area (Å²) >= 11 is 1.41. The van der Waals surface area contributed by atoms with Gasteiger partial charge in [0.25, 0.3) is 5.89 Å². The van der Waals surface area contributed by atoms with Gasteiger partial charge in [-0.05, 0) is 47.4 Å². The number of thiophene rings is 1. The van der Waals surface area contributed by atoms with Crippen LogP contribution < -0.4 is 0 Å². The lowest BCUT2D eigenvalue weighted by atomic mass is 10.1. The number of carbonyl (C=O) groups is 1. The van der Waals surface area contributed by atoms with E-state index in [1.165, 1.54) is 23.5 Å². The van der Waals surface area contributed by atoms with E-state index in [1.807, 2.05) is 47.8 Å². The molecule has 29 heavy (non-hydrogen) atoms. The standard InChI is InChI=1S/C22H15FN2O3S/c23-17-10-8-15(9-11-17)13-18(19-7-4-12-29-19)22(26)27-14-20-24-25-21(28-20)16-5-2-1-3-6-16/h1-13H,14H2/b18-13+. The van der Waals surface area contributed by atoms with Crippen molar-refractivity contribution in [2.45, 2.75) is 6.61 Å². The number of hydrogen-bond acceptors (Lipinski definition) is 6. The van der Waals surface area contributed by atoms with E-state index in [0.717, 1.165) is 10.4 Å². The Morgan fingerprint density at radius 3 is 2.55 bits per heavy atom. The van der Waals surface area contributed by atoms with Gasteiger partial charge in [-0.15, -0.1) is 21.5 Å². The first kappa shape index (κ1) is 18.8. The largest absolute Gasteiger partial charge is 0.452 e. The predicted molar refractivity (Wildman–Crippen MR) is 108 cm³/mol. The third-order valence-electron chi connectivity index (χ3n) is 4.00. The van der Waals surface area contributed by atoms with E-state index in [-0.39, 0.29) is 18.3 Å². The number of benzene rings is 2. The summed E-state index contributed by atoms with van der Waals surface area (Å²) in [5.41, 5.74) is 1.85. The van der Waals surface area contributed by atoms with Crippen LogP contribution in [-0.2, 0) is 16.1 Å². The molecule has 0 saturated heterocycles. The van der Waals surface area contributed by atoms with Crippen LogP contribution in [0.15, 0.2) is 76.5 Å². The third-order valence-corrected chi connectivity index (χ3v) is 4.91. The molecule has 0 amide bonds. The van der Waals surface area contributed by atoms with Gasteiger partial charge in [0.05, 0.1) is 5.57 Å². The maximum Gasteiger partial charge on any atom is 0.340 e. The summed E-state index contributed by atoms with van der Waals surface area (Å²) in [5.74, 6) is -0.314. The van der Waals surface area contributed by atoms with E-state index < -0.39 is 5.97 Å². The van der Waals surface area contributed by atoms with Crippen LogP contribution in [0.1, 0.15) is 16.3 Å². The minimum atomic E-state index is -0.531. The highest BCUT2D eigenvalue weighted by Crippen LogP contribution is 2.25. The number of halogens is 1. The number of esters is 1. The summed E-state index contributed by atoms with van der Waals surface area (Å²) in [5, 5.41) is 9.77. The molecule has 2 aromatic heterocycles. The second-order valence-electron chi connectivity index (χ2n) is 6.03. The summed E-state index contributed by atoms with van der Waals surface area (Å²) in [6, 6.07) is 18.9. The van der Waals surface area contributed by atoms with Crippen LogP contribution >= 0.6 is 11.3 Å². The molecule has 144 valence electrons. The van der Waals surface area contributed by atoms with Crippen LogP contribution in [0.25, 0.3) is 23.1 Å². The molecule has 5 nitrogen and oxygen atoms in total. The summed E-state index contributed by atoms with van der Waals surface area (Å²) in [6.45, 7) is -0.148. The van der Waals surface area contributed by atoms with Gasteiger partial charge in [0.1, 0.15) is 5.82 Å². The van der Waals surface area contributed by atoms with E-state index in [9.17, 15) is 9.18 Å². The molecular weight excluding hydrogens is 391 g/mol. The smallest absolute Gasteiger partial charge is 0.340 e. The lowest BCUT2D eigenvalue weighted by molar-refractivity contribution is -0.138. The zero-order chi connectivity index (χ0) is 20.1. The summed E-state index contributed by atoms with van der Waals surface area (Å²) in [6.07, 6.45) is 1.66. The average Bonchev–Trinajstić information content (AvgIpc) is 3.44. The SMILES string of the molecule is O=C(OCc1nnc(-c2ccccc2)o1)/C(=C/c1ccc(F)cc1)c1cccs1. The van der Waals surface area contributed by atoms with Gasteiger partial charge in [0.2, 0.25) is 5.89 Å². The number of rotatable bonds is 6. The van der Waals surface area contributed by atoms with E-state index in [1.54, 1.807) is 18.2 Å². The first-order chi connectivity index (χ1) is 14.2. The molecule has 2 heterocycles. The van der Waals surface area contributed by atoms with Crippen LogP contribution in [0.3, 0.4) is 0 Å². The molecule has 0 N–H and O–H groups in total. The van der Waals surface area contributed by atoms with E-state index >= 15 is 0 Å². The fourth-order valence-corrected chi connectivity index (χ4v) is 3.33. The highest BCUT2D eigenvalue weighted by Gasteiger charge is 2.17. The summed E-state index contributed by atoms with van der Waals surface area (Å²) in [4.78, 5) is 13.5. The highest BCUT2D eigenvalue weighted by molar-refractivity contribution is 7.11. The van der Waals surface area contributed by atoms with Crippen LogP contribution in [0, 0.1) is 5.82 Å². The van der Waals surface area contributed by atoms with Gasteiger partial charge < -0.3 is 9.15 Å². The molecule has 4 rings (SSSR count). The molecule has 0 spiro atoms. The van der Waals surface area contributed by atoms with Crippen molar-refractivity contribution >= 4 is 29.0 Å². The summed E-state index contributed by atoms with van der Waals surface area (Å²) in [7, 11) is 0. The minimum Gasteiger partial charge on any atom is -0.452 e. The molecule has 0 aliphatic carbocycles. The maximum absolute atomic E-state index is 13.2. The molecule has 0 radical (unpaired) electrons. The molecule has 0 fully saturated rings. The average molecular weight is 406 g/mol. The van der Waals surface area contributed by atoms with Crippen LogP contribution in [-0.4, -0.2) is 16.2 Å². The number of carbonyl (C=O) groups excluding carboxylic acids is 1. The van der Waals surface area contributed by atoms with Gasteiger partial charge in [-0.1, -0.05) is 36.4 Å². The number of hydrogen-bond donors (Lipinski definition) is 0. The minimum absolute atomic E-state index is 0.148. The van der Waals surface area contributed by atoms with E-state index in [0.29, 0.717) is 17.0 Å². The second-order valence-corrected chi connectivity index (χ2v) is 6.98. The van der Waals surface area contributed by atoms with Crippen molar-refractivity contribution in [1.82, 2.24) is 10.2 Å². The molecule has 2 aromatic carbocycles. The van der Waals surface area contributed by atoms with Crippen molar-refractivity contribution < 1.29 is 18.3 Å². The molecule has 7 heteroatoms. The maximum atomic E-state index is 13.2. The van der Waals surface area contributed by atoms with Crippen molar-refractivity contribution in [1.29, 1.82) is 0 Å². The van der Waals surface area contributed by atoms with Gasteiger partial charge >= 0.3 is 5.97 Å². The molecule has 4 aromatic rings. The van der Waals surface area contributed by atoms with Crippen molar-refractivity contribution in [2.24, 2.45) is 0 Å². The van der Waals surface area contributed by atoms with Gasteiger partial charge in [-0.3, -0.25) is 0 Å². The fourth-order valence-electron chi connectivity index (χ4n) is 2.60. The fraction of sp³-hybridized carbons (Fsp3) is 0.0455. The van der Waals surface area contributed by atoms with E-state index in [4.69, 9.17) is 9.15 Å². The molecule has 0 atom stereocenters. The van der Waals surface area contributed by atoms with Crippen molar-refractivity contribution in [3.63, 3.8) is 0 Å². The van der Waals surface area contributed by atoms with Gasteiger partial charge in [-0.2, -0.15) is 0 Å². The van der Waals surface area contributed by atoms with Crippen molar-refractivity contribution in [3.05, 3.63) is 94.3 Å². The zero-order valence-electron chi connectivity index (χ0n) is 15.1. The topological polar surface area (TPSA) is 65.2 Å². The lowest BCUT2D eigenvalue weighted by Gasteiger charge is -2.06. The lowest BCUT2D eigenvalue weighted by Crippen LogP contribution is -2.07. The molecule has 0 unspecified atom stereocenters. The van der Waals surface area contributed by atoms with Crippen molar-refractivity contribution in [2.75, 3.05) is 0 Å². The highest BCUT2D eigenvalue weighted by atomic mass is 32.1. The van der Waals surface area contributed by atoms with Gasteiger partial charge in [-0.25, -0.2) is 9.18 Å². The number of nitrogens with zero attached hydrogens (tertiary/aromatic N) is 2. The monoisotopic (exact) mass is 406 g/mol. The Morgan fingerprint density at radius 2 is 1.83 bits per heavy atom. The summed E-state index contributed by atoms with van der Waals surface area (Å²) < 4.78 is 24.1. The van der Waals surface area contributed by atoms with E-state index in [2.05, 4.69) is 10.2 Å². The van der Waals surface area contributed by atoms with Gasteiger partial charge in [0.15, 0.2) is 6.61 Å². The Morgan fingerprint density at radius 1 is 1.03 bits per heavy atom. The van der Waals surface area contributed by atoms with Crippen LogP contribution in [0.4, 0.5) is 4.39 Å². The first-order valence-corrected chi connectivity index (χ1v) is 9.63. The zero-order valence-corrected chi connectivity index (χ0v) is 15.9. The normalized spacial score (nSPS) is 11.4. The Balaban J connectivity index is 1.50. The quantitative estimate of drug-likeness (QED) is 0.324. The number of aromatic nitrogens is 2. The first-order valence-electron chi connectivity index (χ1n) is 8.75. The second kappa shape index (κ2) is 8.62. The Bertz CT molecular complexity index is 1120. The Hall–Kier alpha value is -3.58. The molecule has 0 bridgehead atoms.